The highest BCUT2D eigenvalue weighted by Gasteiger charge is 2.16. The fourth-order valence-electron chi connectivity index (χ4n) is 1.92. The highest BCUT2D eigenvalue weighted by atomic mass is 79.9. The molecule has 2 rings (SSSR count). The van der Waals surface area contributed by atoms with E-state index in [1.165, 1.54) is 6.20 Å². The molecule has 22 heavy (non-hydrogen) atoms. The SMILES string of the molecule is CCN(C(=O)COC(=O)c1cncc(Br)c1)c1ccccc1. The van der Waals surface area contributed by atoms with Crippen molar-refractivity contribution < 1.29 is 14.3 Å². The Kier molecular flexibility index (Phi) is 5.66. The molecular weight excluding hydrogens is 348 g/mol. The number of aromatic nitrogens is 1. The lowest BCUT2D eigenvalue weighted by Crippen LogP contribution is -2.34. The fraction of sp³-hybridized carbons (Fsp3) is 0.188. The predicted octanol–water partition coefficient (Wildman–Crippen LogP) is 3.05. The number of para-hydroxylation sites is 1. The molecule has 0 fully saturated rings. The monoisotopic (exact) mass is 362 g/mol. The average molecular weight is 363 g/mol. The number of carbonyl (C=O) groups is 2. The van der Waals surface area contributed by atoms with E-state index in [0.717, 1.165) is 5.69 Å². The van der Waals surface area contributed by atoms with Crippen molar-refractivity contribution in [2.24, 2.45) is 0 Å². The maximum atomic E-state index is 12.2. The Balaban J connectivity index is 1.98. The summed E-state index contributed by atoms with van der Waals surface area (Å²) in [4.78, 5) is 29.5. The summed E-state index contributed by atoms with van der Waals surface area (Å²) in [6, 6.07) is 10.8. The molecule has 0 aliphatic rings. The second kappa shape index (κ2) is 7.70. The molecule has 0 N–H and O–H groups in total. The van der Waals surface area contributed by atoms with Gasteiger partial charge < -0.3 is 9.64 Å². The maximum absolute atomic E-state index is 12.2. The number of likely N-dealkylation sites (N-methyl/N-ethyl adjacent to an activating group) is 1. The van der Waals surface area contributed by atoms with Crippen LogP contribution in [-0.2, 0) is 9.53 Å². The Morgan fingerprint density at radius 1 is 1.23 bits per heavy atom. The van der Waals surface area contributed by atoms with Crippen molar-refractivity contribution in [2.75, 3.05) is 18.1 Å². The Hall–Kier alpha value is -2.21. The van der Waals surface area contributed by atoms with E-state index in [2.05, 4.69) is 20.9 Å². The average Bonchev–Trinajstić information content (AvgIpc) is 2.54. The van der Waals surface area contributed by atoms with Crippen LogP contribution in [0.3, 0.4) is 0 Å². The van der Waals surface area contributed by atoms with Gasteiger partial charge >= 0.3 is 5.97 Å². The number of pyridine rings is 1. The Labute approximate surface area is 137 Å². The number of amides is 1. The zero-order chi connectivity index (χ0) is 15.9. The number of hydrogen-bond donors (Lipinski definition) is 0. The Bertz CT molecular complexity index is 661. The van der Waals surface area contributed by atoms with Crippen molar-refractivity contribution in [2.45, 2.75) is 6.92 Å². The summed E-state index contributed by atoms with van der Waals surface area (Å²) in [5.41, 5.74) is 1.07. The molecule has 1 aromatic carbocycles. The van der Waals surface area contributed by atoms with E-state index >= 15 is 0 Å². The van der Waals surface area contributed by atoms with Gasteiger partial charge in [0.25, 0.3) is 5.91 Å². The number of rotatable bonds is 5. The van der Waals surface area contributed by atoms with Gasteiger partial charge in [-0.25, -0.2) is 4.79 Å². The smallest absolute Gasteiger partial charge is 0.340 e. The molecule has 0 aliphatic carbocycles. The van der Waals surface area contributed by atoms with Gasteiger partial charge in [-0.15, -0.1) is 0 Å². The van der Waals surface area contributed by atoms with Crippen LogP contribution in [0.2, 0.25) is 0 Å². The summed E-state index contributed by atoms with van der Waals surface area (Å²) in [5.74, 6) is -0.851. The molecule has 0 saturated carbocycles. The van der Waals surface area contributed by atoms with E-state index in [1.807, 2.05) is 37.3 Å². The molecule has 1 amide bonds. The van der Waals surface area contributed by atoms with Crippen LogP contribution in [0.1, 0.15) is 17.3 Å². The lowest BCUT2D eigenvalue weighted by molar-refractivity contribution is -0.121. The van der Waals surface area contributed by atoms with Gasteiger partial charge in [0.15, 0.2) is 6.61 Å². The summed E-state index contributed by atoms with van der Waals surface area (Å²) in [6.07, 6.45) is 2.96. The molecule has 0 saturated heterocycles. The van der Waals surface area contributed by atoms with Gasteiger partial charge in [0.05, 0.1) is 5.56 Å². The molecule has 0 aliphatic heterocycles. The number of nitrogens with zero attached hydrogens (tertiary/aromatic N) is 2. The summed E-state index contributed by atoms with van der Waals surface area (Å²) in [7, 11) is 0. The summed E-state index contributed by atoms with van der Waals surface area (Å²) >= 11 is 3.23. The Morgan fingerprint density at radius 2 is 1.95 bits per heavy atom. The molecular formula is C16H15BrN2O3. The Morgan fingerprint density at radius 3 is 2.59 bits per heavy atom. The molecule has 5 nitrogen and oxygen atoms in total. The van der Waals surface area contributed by atoms with Gasteiger partial charge in [-0.3, -0.25) is 9.78 Å². The van der Waals surface area contributed by atoms with Crippen LogP contribution < -0.4 is 4.90 Å². The molecule has 0 spiro atoms. The number of hydrogen-bond acceptors (Lipinski definition) is 4. The van der Waals surface area contributed by atoms with Crippen LogP contribution in [-0.4, -0.2) is 30.0 Å². The molecule has 114 valence electrons. The van der Waals surface area contributed by atoms with Crippen molar-refractivity contribution in [1.29, 1.82) is 0 Å². The van der Waals surface area contributed by atoms with E-state index in [0.29, 0.717) is 16.6 Å². The first-order valence-corrected chi connectivity index (χ1v) is 7.54. The van der Waals surface area contributed by atoms with Crippen LogP contribution in [0.4, 0.5) is 5.69 Å². The minimum atomic E-state index is -0.578. The van der Waals surface area contributed by atoms with E-state index in [1.54, 1.807) is 17.2 Å². The minimum Gasteiger partial charge on any atom is -0.452 e. The van der Waals surface area contributed by atoms with Crippen LogP contribution >= 0.6 is 15.9 Å². The van der Waals surface area contributed by atoms with Crippen molar-refractivity contribution in [3.8, 4) is 0 Å². The second-order valence-corrected chi connectivity index (χ2v) is 5.36. The number of ether oxygens (including phenoxy) is 1. The van der Waals surface area contributed by atoms with Gasteiger partial charge in [-0.1, -0.05) is 18.2 Å². The zero-order valence-corrected chi connectivity index (χ0v) is 13.6. The zero-order valence-electron chi connectivity index (χ0n) is 12.0. The number of carbonyl (C=O) groups excluding carboxylic acids is 2. The van der Waals surface area contributed by atoms with Gasteiger partial charge in [-0.05, 0) is 41.1 Å². The maximum Gasteiger partial charge on any atom is 0.340 e. The van der Waals surface area contributed by atoms with E-state index < -0.39 is 5.97 Å². The molecule has 0 unspecified atom stereocenters. The van der Waals surface area contributed by atoms with Crippen LogP contribution in [0, 0.1) is 0 Å². The molecule has 0 bridgehead atoms. The summed E-state index contributed by atoms with van der Waals surface area (Å²) in [6.45, 7) is 2.05. The van der Waals surface area contributed by atoms with Crippen LogP contribution in [0.15, 0.2) is 53.3 Å². The standard InChI is InChI=1S/C16H15BrN2O3/c1-2-19(14-6-4-3-5-7-14)15(20)11-22-16(21)12-8-13(17)10-18-9-12/h3-10H,2,11H2,1H3. The molecule has 1 heterocycles. The molecule has 2 aromatic rings. The van der Waals surface area contributed by atoms with Crippen LogP contribution in [0.5, 0.6) is 0 Å². The van der Waals surface area contributed by atoms with E-state index in [4.69, 9.17) is 4.74 Å². The molecule has 6 heteroatoms. The van der Waals surface area contributed by atoms with E-state index in [9.17, 15) is 9.59 Å². The third-order valence-electron chi connectivity index (χ3n) is 2.95. The lowest BCUT2D eigenvalue weighted by Gasteiger charge is -2.20. The third kappa shape index (κ3) is 4.14. The third-order valence-corrected chi connectivity index (χ3v) is 3.39. The lowest BCUT2D eigenvalue weighted by atomic mass is 10.3. The quantitative estimate of drug-likeness (QED) is 0.767. The fourth-order valence-corrected chi connectivity index (χ4v) is 2.29. The van der Waals surface area contributed by atoms with Crippen molar-refractivity contribution in [3.05, 3.63) is 58.8 Å². The first-order valence-electron chi connectivity index (χ1n) is 6.75. The number of esters is 1. The van der Waals surface area contributed by atoms with E-state index in [-0.39, 0.29) is 12.5 Å². The predicted molar refractivity (Wildman–Crippen MR) is 86.7 cm³/mol. The van der Waals surface area contributed by atoms with Crippen molar-refractivity contribution >= 4 is 33.5 Å². The molecule has 0 atom stereocenters. The van der Waals surface area contributed by atoms with Crippen molar-refractivity contribution in [3.63, 3.8) is 0 Å². The first-order chi connectivity index (χ1) is 10.6. The summed E-state index contributed by atoms with van der Waals surface area (Å²) in [5, 5.41) is 0. The van der Waals surface area contributed by atoms with Gasteiger partial charge in [-0.2, -0.15) is 0 Å². The van der Waals surface area contributed by atoms with Gasteiger partial charge in [0.1, 0.15) is 0 Å². The number of benzene rings is 1. The van der Waals surface area contributed by atoms with Crippen LogP contribution in [0.25, 0.3) is 0 Å². The second-order valence-electron chi connectivity index (χ2n) is 4.44. The van der Waals surface area contributed by atoms with Gasteiger partial charge in [0, 0.05) is 29.1 Å². The molecule has 1 aromatic heterocycles. The topological polar surface area (TPSA) is 59.5 Å². The minimum absolute atomic E-state index is 0.273. The first kappa shape index (κ1) is 16.2. The van der Waals surface area contributed by atoms with Gasteiger partial charge in [0.2, 0.25) is 0 Å². The number of anilines is 1. The molecule has 0 radical (unpaired) electrons. The van der Waals surface area contributed by atoms with Crippen molar-refractivity contribution in [1.82, 2.24) is 4.98 Å². The highest BCUT2D eigenvalue weighted by Crippen LogP contribution is 2.14. The normalized spacial score (nSPS) is 10.1. The largest absolute Gasteiger partial charge is 0.452 e. The highest BCUT2D eigenvalue weighted by molar-refractivity contribution is 9.10. The number of halogens is 1. The summed E-state index contributed by atoms with van der Waals surface area (Å²) < 4.78 is 5.73.